The molecule has 100 valence electrons. The number of benzene rings is 2. The number of carbonyl (C=O) groups excluding carboxylic acids is 2. The maximum atomic E-state index is 13.9. The molecule has 4 nitrogen and oxygen atoms in total. The van der Waals surface area contributed by atoms with Gasteiger partial charge in [0.15, 0.2) is 5.82 Å². The third-order valence-electron chi connectivity index (χ3n) is 3.08. The molecule has 20 heavy (non-hydrogen) atoms. The van der Waals surface area contributed by atoms with Crippen LogP contribution in [0, 0.1) is 11.6 Å². The van der Waals surface area contributed by atoms with E-state index in [1.165, 1.54) is 12.1 Å². The van der Waals surface area contributed by atoms with Crippen molar-refractivity contribution in [2.75, 3.05) is 10.6 Å². The number of anilines is 2. The molecular formula is C14H8F2N2O2. The minimum atomic E-state index is -1.06. The normalized spacial score (nSPS) is 13.8. The molecule has 0 saturated heterocycles. The van der Waals surface area contributed by atoms with Gasteiger partial charge in [0.2, 0.25) is 0 Å². The first-order valence-corrected chi connectivity index (χ1v) is 5.73. The minimum absolute atomic E-state index is 0.167. The van der Waals surface area contributed by atoms with E-state index in [-0.39, 0.29) is 16.8 Å². The first-order valence-electron chi connectivity index (χ1n) is 5.73. The van der Waals surface area contributed by atoms with Crippen LogP contribution in [0.2, 0.25) is 0 Å². The topological polar surface area (TPSA) is 63.4 Å². The predicted octanol–water partition coefficient (Wildman–Crippen LogP) is 2.35. The van der Waals surface area contributed by atoms with E-state index in [9.17, 15) is 18.4 Å². The summed E-state index contributed by atoms with van der Waals surface area (Å²) in [5.41, 5.74) is 5.14. The lowest BCUT2D eigenvalue weighted by Gasteiger charge is -2.17. The first kappa shape index (κ1) is 12.3. The fraction of sp³-hybridized carbons (Fsp3) is 0. The van der Waals surface area contributed by atoms with E-state index in [0.29, 0.717) is 11.0 Å². The number of nitrogen functional groups attached to an aromatic ring is 1. The van der Waals surface area contributed by atoms with Gasteiger partial charge in [-0.3, -0.25) is 9.59 Å². The van der Waals surface area contributed by atoms with Crippen molar-refractivity contribution in [3.8, 4) is 0 Å². The summed E-state index contributed by atoms with van der Waals surface area (Å²) in [6, 6.07) is 7.56. The second-order valence-electron chi connectivity index (χ2n) is 4.32. The van der Waals surface area contributed by atoms with Crippen LogP contribution in [-0.4, -0.2) is 11.8 Å². The van der Waals surface area contributed by atoms with E-state index >= 15 is 0 Å². The Kier molecular flexibility index (Phi) is 2.53. The van der Waals surface area contributed by atoms with E-state index < -0.39 is 29.1 Å². The molecule has 0 aliphatic carbocycles. The van der Waals surface area contributed by atoms with Crippen molar-refractivity contribution in [3.05, 3.63) is 59.2 Å². The molecule has 6 heteroatoms. The average Bonchev–Trinajstić information content (AvgIpc) is 2.64. The zero-order valence-electron chi connectivity index (χ0n) is 10.1. The Balaban J connectivity index is 2.19. The summed E-state index contributed by atoms with van der Waals surface area (Å²) < 4.78 is 26.9. The molecule has 0 fully saturated rings. The highest BCUT2D eigenvalue weighted by atomic mass is 19.1. The Morgan fingerprint density at radius 3 is 2.00 bits per heavy atom. The average molecular weight is 274 g/mol. The van der Waals surface area contributed by atoms with Gasteiger partial charge >= 0.3 is 0 Å². The third kappa shape index (κ3) is 1.58. The molecular weight excluding hydrogens is 266 g/mol. The predicted molar refractivity (Wildman–Crippen MR) is 68.4 cm³/mol. The number of nitrogens with zero attached hydrogens (tertiary/aromatic N) is 1. The van der Waals surface area contributed by atoms with Crippen molar-refractivity contribution in [2.45, 2.75) is 0 Å². The lowest BCUT2D eigenvalue weighted by atomic mass is 10.1. The molecule has 2 N–H and O–H groups in total. The SMILES string of the molecule is Nc1cc(F)cc(F)c1N1C(=O)c2ccccc2C1=O. The Morgan fingerprint density at radius 1 is 0.950 bits per heavy atom. The summed E-state index contributed by atoms with van der Waals surface area (Å²) in [6.07, 6.45) is 0. The summed E-state index contributed by atoms with van der Waals surface area (Å²) in [5.74, 6) is -3.29. The summed E-state index contributed by atoms with van der Waals surface area (Å²) in [7, 11) is 0. The van der Waals surface area contributed by atoms with Crippen LogP contribution in [0.15, 0.2) is 36.4 Å². The molecule has 1 aliphatic rings. The number of hydrogen-bond acceptors (Lipinski definition) is 3. The summed E-state index contributed by atoms with van der Waals surface area (Å²) in [4.78, 5) is 25.0. The number of imide groups is 1. The molecule has 0 atom stereocenters. The maximum Gasteiger partial charge on any atom is 0.266 e. The Labute approximate surface area is 112 Å². The van der Waals surface area contributed by atoms with Crippen LogP contribution in [0.4, 0.5) is 20.2 Å². The zero-order chi connectivity index (χ0) is 14.4. The van der Waals surface area contributed by atoms with E-state index in [1.807, 2.05) is 0 Å². The fourth-order valence-corrected chi connectivity index (χ4v) is 2.21. The van der Waals surface area contributed by atoms with Crippen molar-refractivity contribution in [1.29, 1.82) is 0 Å². The molecule has 2 aromatic rings. The zero-order valence-corrected chi connectivity index (χ0v) is 10.1. The number of amides is 2. The smallest absolute Gasteiger partial charge is 0.266 e. The number of halogens is 2. The van der Waals surface area contributed by atoms with Crippen molar-refractivity contribution in [3.63, 3.8) is 0 Å². The Hall–Kier alpha value is -2.76. The largest absolute Gasteiger partial charge is 0.397 e. The van der Waals surface area contributed by atoms with Crippen LogP contribution in [0.25, 0.3) is 0 Å². The van der Waals surface area contributed by atoms with Crippen LogP contribution < -0.4 is 10.6 Å². The van der Waals surface area contributed by atoms with Gasteiger partial charge in [-0.25, -0.2) is 13.7 Å². The monoisotopic (exact) mass is 274 g/mol. The van der Waals surface area contributed by atoms with Crippen molar-refractivity contribution in [2.24, 2.45) is 0 Å². The van der Waals surface area contributed by atoms with E-state index in [2.05, 4.69) is 0 Å². The molecule has 0 bridgehead atoms. The molecule has 2 amide bonds. The van der Waals surface area contributed by atoms with E-state index in [0.717, 1.165) is 6.07 Å². The summed E-state index contributed by atoms with van der Waals surface area (Å²) in [5, 5.41) is 0. The second kappa shape index (κ2) is 4.12. The maximum absolute atomic E-state index is 13.9. The van der Waals surface area contributed by atoms with Gasteiger partial charge in [-0.1, -0.05) is 12.1 Å². The summed E-state index contributed by atoms with van der Waals surface area (Å²) >= 11 is 0. The number of carbonyl (C=O) groups is 2. The molecule has 1 heterocycles. The van der Waals surface area contributed by atoms with Crippen molar-refractivity contribution < 1.29 is 18.4 Å². The number of rotatable bonds is 1. The van der Waals surface area contributed by atoms with E-state index in [1.54, 1.807) is 12.1 Å². The van der Waals surface area contributed by atoms with Gasteiger partial charge in [0.1, 0.15) is 11.5 Å². The van der Waals surface area contributed by atoms with Gasteiger partial charge in [0.05, 0.1) is 16.8 Å². The van der Waals surface area contributed by atoms with Gasteiger partial charge in [0.25, 0.3) is 11.8 Å². The first-order chi connectivity index (χ1) is 9.50. The Morgan fingerprint density at radius 2 is 1.50 bits per heavy atom. The van der Waals surface area contributed by atoms with Crippen molar-refractivity contribution in [1.82, 2.24) is 0 Å². The molecule has 3 rings (SSSR count). The van der Waals surface area contributed by atoms with Crippen LogP contribution in [0.3, 0.4) is 0 Å². The van der Waals surface area contributed by atoms with Crippen LogP contribution in [0.1, 0.15) is 20.7 Å². The highest BCUT2D eigenvalue weighted by molar-refractivity contribution is 6.35. The second-order valence-corrected chi connectivity index (χ2v) is 4.32. The summed E-state index contributed by atoms with van der Waals surface area (Å²) in [6.45, 7) is 0. The standard InChI is InChI=1S/C14H8F2N2O2/c15-7-5-10(16)12(11(17)6-7)18-13(19)8-3-1-2-4-9(8)14(18)20/h1-6H,17H2. The number of hydrogen-bond donors (Lipinski definition) is 1. The number of nitrogens with two attached hydrogens (primary N) is 1. The molecule has 0 spiro atoms. The highest BCUT2D eigenvalue weighted by Gasteiger charge is 2.38. The van der Waals surface area contributed by atoms with Gasteiger partial charge in [-0.15, -0.1) is 0 Å². The third-order valence-corrected chi connectivity index (χ3v) is 3.08. The molecule has 1 aliphatic heterocycles. The molecule has 0 unspecified atom stereocenters. The minimum Gasteiger partial charge on any atom is -0.397 e. The lowest BCUT2D eigenvalue weighted by molar-refractivity contribution is 0.0925. The van der Waals surface area contributed by atoms with Gasteiger partial charge in [-0.2, -0.15) is 0 Å². The fourth-order valence-electron chi connectivity index (χ4n) is 2.21. The molecule has 0 aromatic heterocycles. The van der Waals surface area contributed by atoms with Crippen LogP contribution in [-0.2, 0) is 0 Å². The van der Waals surface area contributed by atoms with Gasteiger partial charge < -0.3 is 5.73 Å². The quantitative estimate of drug-likeness (QED) is 0.641. The number of fused-ring (bicyclic) bond motifs is 1. The van der Waals surface area contributed by atoms with E-state index in [4.69, 9.17) is 5.73 Å². The van der Waals surface area contributed by atoms with Crippen LogP contribution in [0.5, 0.6) is 0 Å². The molecule has 2 aromatic carbocycles. The highest BCUT2D eigenvalue weighted by Crippen LogP contribution is 2.34. The van der Waals surface area contributed by atoms with Gasteiger partial charge in [0, 0.05) is 6.07 Å². The Bertz CT molecular complexity index is 701. The van der Waals surface area contributed by atoms with Crippen molar-refractivity contribution >= 4 is 23.2 Å². The molecule has 0 radical (unpaired) electrons. The lowest BCUT2D eigenvalue weighted by Crippen LogP contribution is -2.31. The van der Waals surface area contributed by atoms with Crippen LogP contribution >= 0.6 is 0 Å². The molecule has 0 saturated carbocycles. The van der Waals surface area contributed by atoms with Gasteiger partial charge in [-0.05, 0) is 18.2 Å².